The molecule has 1 aliphatic heterocycles. The Morgan fingerprint density at radius 1 is 1.19 bits per heavy atom. The maximum Gasteiger partial charge on any atom is 0.264 e. The van der Waals surface area contributed by atoms with E-state index in [2.05, 4.69) is 0 Å². The van der Waals surface area contributed by atoms with Gasteiger partial charge in [0.2, 0.25) is 0 Å². The summed E-state index contributed by atoms with van der Waals surface area (Å²) in [7, 11) is -5.96. The normalized spacial score (nSPS) is 17.8. The first-order valence-corrected chi connectivity index (χ1v) is 13.7. The zero-order valence-electron chi connectivity index (χ0n) is 17.7. The van der Waals surface area contributed by atoms with Gasteiger partial charge in [0.05, 0.1) is 32.7 Å². The Hall–Kier alpha value is -2.17. The van der Waals surface area contributed by atoms with Crippen LogP contribution in [-0.4, -0.2) is 58.8 Å². The van der Waals surface area contributed by atoms with Crippen molar-refractivity contribution in [3.8, 4) is 0 Å². The Bertz CT molecular complexity index is 1220. The van der Waals surface area contributed by atoms with Gasteiger partial charge in [-0.25, -0.2) is 21.2 Å². The molecule has 0 radical (unpaired) electrons. The number of benzene rings is 2. The molecule has 1 unspecified atom stereocenters. The molecule has 2 aromatic rings. The molecule has 0 N–H and O–H groups in total. The monoisotopic (exact) mass is 502 g/mol. The van der Waals surface area contributed by atoms with E-state index in [9.17, 15) is 26.0 Å². The van der Waals surface area contributed by atoms with Crippen LogP contribution in [0.2, 0.25) is 5.02 Å². The second-order valence-electron chi connectivity index (χ2n) is 7.65. The summed E-state index contributed by atoms with van der Waals surface area (Å²) >= 11 is 6.25. The third kappa shape index (κ3) is 5.07. The summed E-state index contributed by atoms with van der Waals surface area (Å²) in [6, 6.07) is 8.30. The highest BCUT2D eigenvalue weighted by molar-refractivity contribution is 7.92. The Kier molecular flexibility index (Phi) is 7.16. The van der Waals surface area contributed by atoms with Crippen molar-refractivity contribution in [3.05, 3.63) is 58.9 Å². The van der Waals surface area contributed by atoms with Crippen LogP contribution in [0.3, 0.4) is 0 Å². The molecule has 0 aliphatic carbocycles. The minimum absolute atomic E-state index is 0.00970. The van der Waals surface area contributed by atoms with E-state index in [1.807, 2.05) is 6.92 Å². The second-order valence-corrected chi connectivity index (χ2v) is 12.3. The highest BCUT2D eigenvalue weighted by Crippen LogP contribution is 2.28. The van der Waals surface area contributed by atoms with E-state index in [4.69, 9.17) is 11.6 Å². The van der Waals surface area contributed by atoms with E-state index in [0.29, 0.717) is 19.4 Å². The lowest BCUT2D eigenvalue weighted by atomic mass is 10.1. The Labute approximate surface area is 192 Å². The summed E-state index contributed by atoms with van der Waals surface area (Å²) in [5.74, 6) is -1.12. The Morgan fingerprint density at radius 3 is 2.41 bits per heavy atom. The Morgan fingerprint density at radius 2 is 1.84 bits per heavy atom. The summed E-state index contributed by atoms with van der Waals surface area (Å²) in [6.45, 7) is 2.19. The largest absolute Gasteiger partial charge is 0.335 e. The van der Waals surface area contributed by atoms with Gasteiger partial charge in [-0.05, 0) is 55.3 Å². The smallest absolute Gasteiger partial charge is 0.264 e. The van der Waals surface area contributed by atoms with E-state index in [1.165, 1.54) is 42.3 Å². The minimum atomic E-state index is -4.07. The number of halogens is 2. The van der Waals surface area contributed by atoms with Crippen molar-refractivity contribution < 1.29 is 26.0 Å². The van der Waals surface area contributed by atoms with Crippen LogP contribution in [0.5, 0.6) is 0 Å². The molecule has 11 heteroatoms. The first-order chi connectivity index (χ1) is 15.0. The molecule has 32 heavy (non-hydrogen) atoms. The fourth-order valence-corrected chi connectivity index (χ4v) is 6.79. The predicted molar refractivity (Wildman–Crippen MR) is 122 cm³/mol. The number of sulfone groups is 1. The summed E-state index contributed by atoms with van der Waals surface area (Å²) in [6.07, 6.45) is 0.933. The Balaban J connectivity index is 1.96. The van der Waals surface area contributed by atoms with Gasteiger partial charge in [-0.2, -0.15) is 0 Å². The molecule has 0 aromatic heterocycles. The number of hydrogen-bond acceptors (Lipinski definition) is 5. The van der Waals surface area contributed by atoms with Crippen molar-refractivity contribution in [2.45, 2.75) is 30.7 Å². The first-order valence-electron chi connectivity index (χ1n) is 10.0. The highest BCUT2D eigenvalue weighted by Gasteiger charge is 2.35. The van der Waals surface area contributed by atoms with E-state index in [0.717, 1.165) is 16.4 Å². The molecule has 2 aromatic carbocycles. The number of sulfonamides is 1. The molecule has 1 heterocycles. The van der Waals surface area contributed by atoms with Crippen LogP contribution in [0.25, 0.3) is 0 Å². The van der Waals surface area contributed by atoms with Crippen molar-refractivity contribution in [2.24, 2.45) is 0 Å². The fraction of sp³-hybridized carbons (Fsp3) is 0.381. The van der Waals surface area contributed by atoms with E-state index < -0.39 is 37.6 Å². The third-order valence-electron chi connectivity index (χ3n) is 5.39. The number of carbonyl (C=O) groups is 1. The van der Waals surface area contributed by atoms with Crippen LogP contribution in [0.4, 0.5) is 10.1 Å². The summed E-state index contributed by atoms with van der Waals surface area (Å²) < 4.78 is 64.3. The molecule has 3 rings (SSSR count). The average molecular weight is 503 g/mol. The number of nitrogens with zero attached hydrogens (tertiary/aromatic N) is 2. The second kappa shape index (κ2) is 9.36. The number of rotatable bonds is 7. The lowest BCUT2D eigenvalue weighted by Gasteiger charge is -2.28. The highest BCUT2D eigenvalue weighted by atomic mass is 35.5. The summed E-state index contributed by atoms with van der Waals surface area (Å²) in [4.78, 5) is 14.6. The SMILES string of the molecule is CCCN(C(=O)c1cc(S(=O)(=O)N(C)c2ccc(F)cc2)ccc1Cl)C1CCS(=O)(=O)C1. The van der Waals surface area contributed by atoms with Gasteiger partial charge in [0.15, 0.2) is 9.84 Å². The van der Waals surface area contributed by atoms with Gasteiger partial charge in [-0.3, -0.25) is 9.10 Å². The van der Waals surface area contributed by atoms with Gasteiger partial charge >= 0.3 is 0 Å². The van der Waals surface area contributed by atoms with Gasteiger partial charge in [0, 0.05) is 19.6 Å². The van der Waals surface area contributed by atoms with Gasteiger partial charge < -0.3 is 4.90 Å². The van der Waals surface area contributed by atoms with Crippen LogP contribution < -0.4 is 4.31 Å². The molecule has 1 saturated heterocycles. The molecular weight excluding hydrogens is 479 g/mol. The van der Waals surface area contributed by atoms with Crippen molar-refractivity contribution >= 4 is 43.1 Å². The standard InChI is InChI=1S/C21H24ClFN2O5S2/c1-3-11-25(17-10-12-31(27,28)14-17)21(26)19-13-18(8-9-20(19)22)32(29,30)24(2)16-6-4-15(23)5-7-16/h4-9,13,17H,3,10-12,14H2,1-2H3. The van der Waals surface area contributed by atoms with Gasteiger partial charge in [0.25, 0.3) is 15.9 Å². The zero-order valence-corrected chi connectivity index (χ0v) is 20.1. The van der Waals surface area contributed by atoms with Crippen LogP contribution in [0, 0.1) is 5.82 Å². The molecule has 0 saturated carbocycles. The molecule has 174 valence electrons. The quantitative estimate of drug-likeness (QED) is 0.579. The minimum Gasteiger partial charge on any atom is -0.335 e. The van der Waals surface area contributed by atoms with Crippen molar-refractivity contribution in [1.29, 1.82) is 0 Å². The average Bonchev–Trinajstić information content (AvgIpc) is 3.11. The summed E-state index contributed by atoms with van der Waals surface area (Å²) in [5, 5.41) is 0.0698. The van der Waals surface area contributed by atoms with Crippen LogP contribution in [0.1, 0.15) is 30.1 Å². The number of amides is 1. The van der Waals surface area contributed by atoms with Crippen molar-refractivity contribution in [1.82, 2.24) is 4.90 Å². The third-order valence-corrected chi connectivity index (χ3v) is 9.25. The topological polar surface area (TPSA) is 91.8 Å². The molecule has 7 nitrogen and oxygen atoms in total. The molecule has 1 amide bonds. The number of carbonyl (C=O) groups excluding carboxylic acids is 1. The maximum atomic E-state index is 13.3. The fourth-order valence-electron chi connectivity index (χ4n) is 3.64. The van der Waals surface area contributed by atoms with Crippen molar-refractivity contribution in [3.63, 3.8) is 0 Å². The molecule has 1 atom stereocenters. The van der Waals surface area contributed by atoms with Crippen LogP contribution in [-0.2, 0) is 19.9 Å². The van der Waals surface area contributed by atoms with E-state index in [1.54, 1.807) is 0 Å². The van der Waals surface area contributed by atoms with Gasteiger partial charge in [-0.1, -0.05) is 18.5 Å². The van der Waals surface area contributed by atoms with Gasteiger partial charge in [-0.15, -0.1) is 0 Å². The molecule has 0 spiro atoms. The van der Waals surface area contributed by atoms with Gasteiger partial charge in [0.1, 0.15) is 5.82 Å². The van der Waals surface area contributed by atoms with Crippen LogP contribution in [0.15, 0.2) is 47.4 Å². The van der Waals surface area contributed by atoms with Crippen LogP contribution >= 0.6 is 11.6 Å². The molecule has 1 aliphatic rings. The zero-order chi connectivity index (χ0) is 23.7. The maximum absolute atomic E-state index is 13.3. The predicted octanol–water partition coefficient (Wildman–Crippen LogP) is 3.34. The van der Waals surface area contributed by atoms with E-state index in [-0.39, 0.29) is 32.7 Å². The number of hydrogen-bond donors (Lipinski definition) is 0. The molecule has 1 fully saturated rings. The van der Waals surface area contributed by atoms with E-state index >= 15 is 0 Å². The number of anilines is 1. The first kappa shape index (κ1) is 24.5. The summed E-state index contributed by atoms with van der Waals surface area (Å²) in [5.41, 5.74) is 0.232. The molecule has 0 bridgehead atoms. The molecular formula is C21H24ClFN2O5S2. The lowest BCUT2D eigenvalue weighted by Crippen LogP contribution is -2.41. The van der Waals surface area contributed by atoms with Crippen molar-refractivity contribution in [2.75, 3.05) is 29.4 Å². The lowest BCUT2D eigenvalue weighted by molar-refractivity contribution is 0.0697.